The van der Waals surface area contributed by atoms with Gasteiger partial charge in [-0.3, -0.25) is 9.59 Å². The highest BCUT2D eigenvalue weighted by Gasteiger charge is 2.24. The third-order valence-corrected chi connectivity index (χ3v) is 4.79. The van der Waals surface area contributed by atoms with E-state index in [9.17, 15) is 14.0 Å². The van der Waals surface area contributed by atoms with Crippen LogP contribution in [0.5, 0.6) is 0 Å². The summed E-state index contributed by atoms with van der Waals surface area (Å²) in [6.07, 6.45) is 1.72. The van der Waals surface area contributed by atoms with Crippen LogP contribution in [0.15, 0.2) is 48.5 Å². The van der Waals surface area contributed by atoms with Crippen LogP contribution in [-0.2, 0) is 11.2 Å². The van der Waals surface area contributed by atoms with Gasteiger partial charge in [-0.05, 0) is 48.7 Å². The van der Waals surface area contributed by atoms with Crippen LogP contribution in [0.25, 0.3) is 0 Å². The minimum atomic E-state index is -0.430. The Morgan fingerprint density at radius 3 is 2.46 bits per heavy atom. The molecule has 1 fully saturated rings. The van der Waals surface area contributed by atoms with Gasteiger partial charge in [-0.15, -0.1) is 0 Å². The number of hydrogen-bond acceptors (Lipinski definition) is 2. The number of halogens is 2. The van der Waals surface area contributed by atoms with Crippen molar-refractivity contribution < 1.29 is 14.0 Å². The highest BCUT2D eigenvalue weighted by Crippen LogP contribution is 2.15. The lowest BCUT2D eigenvalue weighted by atomic mass is 10.0. The summed E-state index contributed by atoms with van der Waals surface area (Å²) >= 11 is 5.86. The second kappa shape index (κ2) is 8.32. The fraction of sp³-hybridized carbons (Fsp3) is 0.300. The molecular weight excluding hydrogens is 355 g/mol. The van der Waals surface area contributed by atoms with E-state index in [2.05, 4.69) is 5.32 Å². The fourth-order valence-corrected chi connectivity index (χ4v) is 3.19. The first kappa shape index (κ1) is 18.4. The maximum absolute atomic E-state index is 13.2. The predicted molar refractivity (Wildman–Crippen MR) is 98.6 cm³/mol. The summed E-state index contributed by atoms with van der Waals surface area (Å²) in [6, 6.07) is 12.9. The molecule has 1 heterocycles. The highest BCUT2D eigenvalue weighted by atomic mass is 35.5. The van der Waals surface area contributed by atoms with Gasteiger partial charge in [-0.25, -0.2) is 4.39 Å². The number of carbonyl (C=O) groups excluding carboxylic acids is 2. The van der Waals surface area contributed by atoms with E-state index in [1.54, 1.807) is 18.2 Å². The van der Waals surface area contributed by atoms with E-state index in [4.69, 9.17) is 11.6 Å². The Kier molecular flexibility index (Phi) is 5.89. The number of amides is 2. The molecule has 1 N–H and O–H groups in total. The summed E-state index contributed by atoms with van der Waals surface area (Å²) < 4.78 is 13.2. The normalized spacial score (nSPS) is 14.9. The van der Waals surface area contributed by atoms with E-state index in [0.717, 1.165) is 5.56 Å². The van der Waals surface area contributed by atoms with E-state index in [-0.39, 0.29) is 17.9 Å². The molecule has 0 saturated carbocycles. The van der Waals surface area contributed by atoms with Crippen molar-refractivity contribution in [2.75, 3.05) is 13.1 Å². The fourth-order valence-electron chi connectivity index (χ4n) is 3.06. The van der Waals surface area contributed by atoms with E-state index < -0.39 is 5.82 Å². The molecule has 0 aromatic heterocycles. The second-order valence-corrected chi connectivity index (χ2v) is 6.88. The predicted octanol–water partition coefficient (Wildman–Crippen LogP) is 3.44. The van der Waals surface area contributed by atoms with Gasteiger partial charge in [0.1, 0.15) is 5.82 Å². The molecule has 26 heavy (non-hydrogen) atoms. The van der Waals surface area contributed by atoms with Gasteiger partial charge in [0.25, 0.3) is 5.91 Å². The number of nitrogens with one attached hydrogen (secondary N) is 1. The molecule has 1 saturated heterocycles. The number of benzene rings is 2. The number of hydrogen-bond donors (Lipinski definition) is 1. The molecule has 3 rings (SSSR count). The van der Waals surface area contributed by atoms with E-state index in [1.807, 2.05) is 17.0 Å². The summed E-state index contributed by atoms with van der Waals surface area (Å²) in [7, 11) is 0. The smallest absolute Gasteiger partial charge is 0.251 e. The Bertz CT molecular complexity index is 787. The molecule has 1 aliphatic rings. The molecule has 6 heteroatoms. The van der Waals surface area contributed by atoms with Crippen molar-refractivity contribution in [2.45, 2.75) is 25.3 Å². The molecule has 1 aliphatic heterocycles. The van der Waals surface area contributed by atoms with Gasteiger partial charge in [-0.2, -0.15) is 0 Å². The van der Waals surface area contributed by atoms with Crippen LogP contribution >= 0.6 is 11.6 Å². The van der Waals surface area contributed by atoms with Crippen LogP contribution < -0.4 is 5.32 Å². The molecular formula is C20H20ClFN2O2. The number of rotatable bonds is 4. The van der Waals surface area contributed by atoms with E-state index >= 15 is 0 Å². The number of piperidine rings is 1. The first-order chi connectivity index (χ1) is 12.5. The van der Waals surface area contributed by atoms with Crippen LogP contribution in [0.4, 0.5) is 4.39 Å². The monoisotopic (exact) mass is 374 g/mol. The Balaban J connectivity index is 1.48. The van der Waals surface area contributed by atoms with Gasteiger partial charge in [0, 0.05) is 29.7 Å². The summed E-state index contributed by atoms with van der Waals surface area (Å²) in [6.45, 7) is 1.20. The lowest BCUT2D eigenvalue weighted by molar-refractivity contribution is -0.131. The molecule has 0 bridgehead atoms. The van der Waals surface area contributed by atoms with Crippen molar-refractivity contribution in [3.8, 4) is 0 Å². The van der Waals surface area contributed by atoms with Crippen LogP contribution in [0, 0.1) is 5.82 Å². The molecule has 0 radical (unpaired) electrons. The number of carbonyl (C=O) groups is 2. The molecule has 0 aliphatic carbocycles. The maximum atomic E-state index is 13.2. The second-order valence-electron chi connectivity index (χ2n) is 6.44. The first-order valence-corrected chi connectivity index (χ1v) is 8.98. The van der Waals surface area contributed by atoms with Gasteiger partial charge < -0.3 is 10.2 Å². The lowest BCUT2D eigenvalue weighted by Gasteiger charge is -2.32. The molecule has 0 unspecified atom stereocenters. The quantitative estimate of drug-likeness (QED) is 0.891. The Morgan fingerprint density at radius 1 is 1.12 bits per heavy atom. The van der Waals surface area contributed by atoms with Gasteiger partial charge in [0.05, 0.1) is 6.42 Å². The number of likely N-dealkylation sites (tertiary alicyclic amines) is 1. The van der Waals surface area contributed by atoms with Gasteiger partial charge in [-0.1, -0.05) is 29.8 Å². The van der Waals surface area contributed by atoms with E-state index in [1.165, 1.54) is 18.2 Å². The largest absolute Gasteiger partial charge is 0.349 e. The lowest BCUT2D eigenvalue weighted by Crippen LogP contribution is -2.47. The zero-order chi connectivity index (χ0) is 18.5. The summed E-state index contributed by atoms with van der Waals surface area (Å²) in [5.74, 6) is -0.641. The average Bonchev–Trinajstić information content (AvgIpc) is 2.64. The van der Waals surface area contributed by atoms with E-state index in [0.29, 0.717) is 42.9 Å². The maximum Gasteiger partial charge on any atom is 0.251 e. The Morgan fingerprint density at radius 2 is 1.81 bits per heavy atom. The van der Waals surface area contributed by atoms with Crippen LogP contribution in [0.2, 0.25) is 5.02 Å². The molecule has 2 amide bonds. The van der Waals surface area contributed by atoms with Crippen molar-refractivity contribution in [3.63, 3.8) is 0 Å². The third-order valence-electron chi connectivity index (χ3n) is 4.54. The summed E-state index contributed by atoms with van der Waals surface area (Å²) in [5.41, 5.74) is 1.24. The standard InChI is InChI=1S/C20H20ClFN2O2/c21-16-6-4-14(5-7-16)12-19(25)24-10-8-18(9-11-24)23-20(26)15-2-1-3-17(22)13-15/h1-7,13,18H,8-12H2,(H,23,26). The zero-order valence-corrected chi connectivity index (χ0v) is 15.0. The SMILES string of the molecule is O=C(NC1CCN(C(=O)Cc2ccc(Cl)cc2)CC1)c1cccc(F)c1. The minimum Gasteiger partial charge on any atom is -0.349 e. The van der Waals surface area contributed by atoms with Crippen molar-refractivity contribution >= 4 is 23.4 Å². The highest BCUT2D eigenvalue weighted by molar-refractivity contribution is 6.30. The van der Waals surface area contributed by atoms with Gasteiger partial charge in [0.15, 0.2) is 0 Å². The first-order valence-electron chi connectivity index (χ1n) is 8.60. The topological polar surface area (TPSA) is 49.4 Å². The third kappa shape index (κ3) is 4.82. The van der Waals surface area contributed by atoms with Crippen LogP contribution in [0.3, 0.4) is 0 Å². The van der Waals surface area contributed by atoms with Crippen LogP contribution in [-0.4, -0.2) is 35.8 Å². The Hall–Kier alpha value is -2.40. The zero-order valence-electron chi connectivity index (χ0n) is 14.3. The minimum absolute atomic E-state index is 0.00894. The Labute approximate surface area is 157 Å². The van der Waals surface area contributed by atoms with Crippen molar-refractivity contribution in [1.29, 1.82) is 0 Å². The molecule has 4 nitrogen and oxygen atoms in total. The van der Waals surface area contributed by atoms with Crippen molar-refractivity contribution in [3.05, 3.63) is 70.5 Å². The molecule has 2 aromatic carbocycles. The van der Waals surface area contributed by atoms with Gasteiger partial charge in [0.2, 0.25) is 5.91 Å². The number of nitrogens with zero attached hydrogens (tertiary/aromatic N) is 1. The summed E-state index contributed by atoms with van der Waals surface area (Å²) in [5, 5.41) is 3.57. The molecule has 0 spiro atoms. The average molecular weight is 375 g/mol. The van der Waals surface area contributed by atoms with Gasteiger partial charge >= 0.3 is 0 Å². The molecule has 0 atom stereocenters. The molecule has 136 valence electrons. The van der Waals surface area contributed by atoms with Crippen molar-refractivity contribution in [1.82, 2.24) is 10.2 Å². The van der Waals surface area contributed by atoms with Crippen LogP contribution in [0.1, 0.15) is 28.8 Å². The van der Waals surface area contributed by atoms with Crippen molar-refractivity contribution in [2.24, 2.45) is 0 Å². The summed E-state index contributed by atoms with van der Waals surface area (Å²) in [4.78, 5) is 26.4. The molecule has 2 aromatic rings.